The minimum atomic E-state index is -0.340. The Morgan fingerprint density at radius 3 is 2.86 bits per heavy atom. The number of fused-ring (bicyclic) bond motifs is 1. The first kappa shape index (κ1) is 14.3. The predicted molar refractivity (Wildman–Crippen MR) is 83.2 cm³/mol. The third-order valence-corrected chi connectivity index (χ3v) is 4.45. The number of halogens is 1. The number of nitrogens with zero attached hydrogens (tertiary/aromatic N) is 2. The maximum Gasteiger partial charge on any atom is 0.274 e. The van der Waals surface area contributed by atoms with E-state index in [1.807, 2.05) is 0 Å². The molecule has 21 heavy (non-hydrogen) atoms. The van der Waals surface area contributed by atoms with E-state index in [9.17, 15) is 9.90 Å². The van der Waals surface area contributed by atoms with Crippen molar-refractivity contribution >= 4 is 32.7 Å². The molecule has 1 aliphatic rings. The van der Waals surface area contributed by atoms with E-state index in [-0.39, 0.29) is 23.4 Å². The second kappa shape index (κ2) is 5.97. The summed E-state index contributed by atoms with van der Waals surface area (Å²) >= 11 is 3.33. The van der Waals surface area contributed by atoms with E-state index in [1.165, 1.54) is 6.42 Å². The first-order chi connectivity index (χ1) is 10.2. The van der Waals surface area contributed by atoms with Crippen LogP contribution >= 0.6 is 15.9 Å². The number of nitrogens with one attached hydrogen (secondary N) is 1. The van der Waals surface area contributed by atoms with Gasteiger partial charge >= 0.3 is 0 Å². The van der Waals surface area contributed by atoms with Gasteiger partial charge in [0.1, 0.15) is 10.1 Å². The minimum Gasteiger partial charge on any atom is -0.504 e. The molecule has 5 nitrogen and oxygen atoms in total. The molecule has 0 aliphatic heterocycles. The van der Waals surface area contributed by atoms with Gasteiger partial charge in [0.05, 0.1) is 0 Å². The van der Waals surface area contributed by atoms with E-state index in [0.717, 1.165) is 25.7 Å². The number of aromatic nitrogens is 2. The Morgan fingerprint density at radius 1 is 1.33 bits per heavy atom. The summed E-state index contributed by atoms with van der Waals surface area (Å²) in [5.41, 5.74) is 0.409. The SMILES string of the molecule is O=C(NC1CCCCC1)c1nc(Br)c2cccnc2c1O. The molecule has 0 aromatic carbocycles. The molecule has 0 spiro atoms. The van der Waals surface area contributed by atoms with Crippen LogP contribution in [-0.2, 0) is 0 Å². The number of pyridine rings is 2. The van der Waals surface area contributed by atoms with Crippen LogP contribution in [0.1, 0.15) is 42.6 Å². The van der Waals surface area contributed by atoms with Gasteiger partial charge in [0.25, 0.3) is 5.91 Å². The van der Waals surface area contributed by atoms with Crippen LogP contribution in [0.15, 0.2) is 22.9 Å². The van der Waals surface area contributed by atoms with Crippen molar-refractivity contribution in [2.75, 3.05) is 0 Å². The maximum atomic E-state index is 12.3. The van der Waals surface area contributed by atoms with Crippen molar-refractivity contribution in [1.29, 1.82) is 0 Å². The topological polar surface area (TPSA) is 75.1 Å². The molecule has 2 aromatic rings. The quantitative estimate of drug-likeness (QED) is 0.816. The summed E-state index contributed by atoms with van der Waals surface area (Å²) < 4.78 is 0.511. The van der Waals surface area contributed by atoms with Gasteiger partial charge in [0, 0.05) is 17.6 Å². The van der Waals surface area contributed by atoms with Crippen LogP contribution in [0, 0.1) is 0 Å². The van der Waals surface area contributed by atoms with Crippen molar-refractivity contribution in [2.45, 2.75) is 38.1 Å². The highest BCUT2D eigenvalue weighted by Crippen LogP contribution is 2.30. The molecule has 2 aromatic heterocycles. The van der Waals surface area contributed by atoms with E-state index < -0.39 is 0 Å². The van der Waals surface area contributed by atoms with Crippen LogP contribution in [-0.4, -0.2) is 27.0 Å². The lowest BCUT2D eigenvalue weighted by Crippen LogP contribution is -2.36. The Bertz CT molecular complexity index is 684. The molecule has 2 N–H and O–H groups in total. The largest absolute Gasteiger partial charge is 0.504 e. The molecule has 0 atom stereocenters. The number of amides is 1. The predicted octanol–water partition coefficient (Wildman–Crippen LogP) is 3.16. The zero-order valence-electron chi connectivity index (χ0n) is 11.5. The van der Waals surface area contributed by atoms with Gasteiger partial charge in [0.15, 0.2) is 11.4 Å². The summed E-state index contributed by atoms with van der Waals surface area (Å²) in [6.07, 6.45) is 7.04. The van der Waals surface area contributed by atoms with Crippen LogP contribution in [0.3, 0.4) is 0 Å². The molecule has 2 heterocycles. The fourth-order valence-corrected chi connectivity index (χ4v) is 3.24. The molecular formula is C15H16BrN3O2. The maximum absolute atomic E-state index is 12.3. The number of carbonyl (C=O) groups excluding carboxylic acids is 1. The second-order valence-electron chi connectivity index (χ2n) is 5.31. The molecule has 0 radical (unpaired) electrons. The van der Waals surface area contributed by atoms with Crippen molar-refractivity contribution in [3.05, 3.63) is 28.6 Å². The first-order valence-electron chi connectivity index (χ1n) is 7.11. The van der Waals surface area contributed by atoms with Gasteiger partial charge in [-0.2, -0.15) is 0 Å². The van der Waals surface area contributed by atoms with E-state index in [0.29, 0.717) is 15.5 Å². The van der Waals surface area contributed by atoms with Crippen molar-refractivity contribution in [2.24, 2.45) is 0 Å². The van der Waals surface area contributed by atoms with Gasteiger partial charge < -0.3 is 10.4 Å². The molecule has 1 amide bonds. The van der Waals surface area contributed by atoms with Crippen molar-refractivity contribution in [3.63, 3.8) is 0 Å². The van der Waals surface area contributed by atoms with Gasteiger partial charge in [-0.1, -0.05) is 19.3 Å². The standard InChI is InChI=1S/C15H16BrN3O2/c16-14-10-7-4-8-17-11(10)13(20)12(19-14)15(21)18-9-5-2-1-3-6-9/h4,7-9,20H,1-3,5-6H2,(H,18,21). The Labute approximate surface area is 130 Å². The Kier molecular flexibility index (Phi) is 4.05. The third-order valence-electron chi connectivity index (χ3n) is 3.84. The second-order valence-corrected chi connectivity index (χ2v) is 6.06. The van der Waals surface area contributed by atoms with Crippen LogP contribution < -0.4 is 5.32 Å². The Balaban J connectivity index is 1.92. The molecule has 1 fully saturated rings. The summed E-state index contributed by atoms with van der Waals surface area (Å²) in [7, 11) is 0. The van der Waals surface area contributed by atoms with Crippen molar-refractivity contribution in [1.82, 2.24) is 15.3 Å². The molecule has 0 bridgehead atoms. The van der Waals surface area contributed by atoms with Crippen LogP contribution in [0.2, 0.25) is 0 Å². The Hall–Kier alpha value is -1.69. The molecule has 6 heteroatoms. The van der Waals surface area contributed by atoms with E-state index in [2.05, 4.69) is 31.2 Å². The average Bonchev–Trinajstić information content (AvgIpc) is 2.52. The monoisotopic (exact) mass is 349 g/mol. The molecule has 1 aliphatic carbocycles. The fourth-order valence-electron chi connectivity index (χ4n) is 2.74. The lowest BCUT2D eigenvalue weighted by Gasteiger charge is -2.22. The van der Waals surface area contributed by atoms with Gasteiger partial charge in [-0.25, -0.2) is 4.98 Å². The van der Waals surface area contributed by atoms with Gasteiger partial charge in [-0.05, 0) is 40.9 Å². The number of aromatic hydroxyl groups is 1. The van der Waals surface area contributed by atoms with Crippen LogP contribution in [0.25, 0.3) is 10.9 Å². The van der Waals surface area contributed by atoms with Crippen molar-refractivity contribution < 1.29 is 9.90 Å². The number of hydrogen-bond acceptors (Lipinski definition) is 4. The highest BCUT2D eigenvalue weighted by molar-refractivity contribution is 9.10. The van der Waals surface area contributed by atoms with Crippen LogP contribution in [0.4, 0.5) is 0 Å². The number of rotatable bonds is 2. The summed E-state index contributed by atoms with van der Waals surface area (Å²) in [6.45, 7) is 0. The van der Waals surface area contributed by atoms with Crippen molar-refractivity contribution in [3.8, 4) is 5.75 Å². The van der Waals surface area contributed by atoms with E-state index in [4.69, 9.17) is 0 Å². The molecule has 3 rings (SSSR count). The zero-order valence-corrected chi connectivity index (χ0v) is 13.1. The zero-order chi connectivity index (χ0) is 14.8. The van der Waals surface area contributed by atoms with E-state index in [1.54, 1.807) is 18.3 Å². The molecule has 110 valence electrons. The highest BCUT2D eigenvalue weighted by atomic mass is 79.9. The smallest absolute Gasteiger partial charge is 0.274 e. The average molecular weight is 350 g/mol. The highest BCUT2D eigenvalue weighted by Gasteiger charge is 2.22. The lowest BCUT2D eigenvalue weighted by molar-refractivity contribution is 0.0920. The molecular weight excluding hydrogens is 334 g/mol. The summed E-state index contributed by atoms with van der Waals surface area (Å²) in [5.74, 6) is -0.505. The minimum absolute atomic E-state index is 0.0265. The first-order valence-corrected chi connectivity index (χ1v) is 7.90. The van der Waals surface area contributed by atoms with Gasteiger partial charge in [-0.3, -0.25) is 9.78 Å². The fraction of sp³-hybridized carbons (Fsp3) is 0.400. The van der Waals surface area contributed by atoms with Gasteiger partial charge in [-0.15, -0.1) is 0 Å². The van der Waals surface area contributed by atoms with E-state index >= 15 is 0 Å². The summed E-state index contributed by atoms with van der Waals surface area (Å²) in [5, 5.41) is 13.9. The Morgan fingerprint density at radius 2 is 2.10 bits per heavy atom. The lowest BCUT2D eigenvalue weighted by atomic mass is 9.95. The van der Waals surface area contributed by atoms with Gasteiger partial charge in [0.2, 0.25) is 0 Å². The number of hydrogen-bond donors (Lipinski definition) is 2. The summed E-state index contributed by atoms with van der Waals surface area (Å²) in [4.78, 5) is 20.7. The third kappa shape index (κ3) is 2.85. The molecule has 0 unspecified atom stereocenters. The normalized spacial score (nSPS) is 16.0. The molecule has 1 saturated carbocycles. The summed E-state index contributed by atoms with van der Waals surface area (Å²) in [6, 6.07) is 3.73. The number of carbonyl (C=O) groups is 1. The molecule has 0 saturated heterocycles. The van der Waals surface area contributed by atoms with Crippen LogP contribution in [0.5, 0.6) is 5.75 Å².